The van der Waals surface area contributed by atoms with E-state index >= 15 is 0 Å². The number of carbonyl (C=O) groups excluding carboxylic acids is 1. The van der Waals surface area contributed by atoms with Crippen LogP contribution in [0, 0.1) is 0 Å². The van der Waals surface area contributed by atoms with Crippen molar-refractivity contribution in [1.82, 2.24) is 9.78 Å². The molecule has 2 aromatic rings. The van der Waals surface area contributed by atoms with Gasteiger partial charge in [0.2, 0.25) is 0 Å². The minimum Gasteiger partial charge on any atom is -0.486 e. The van der Waals surface area contributed by atoms with E-state index in [9.17, 15) is 4.79 Å². The van der Waals surface area contributed by atoms with Gasteiger partial charge in [0.05, 0.1) is 11.8 Å². The van der Waals surface area contributed by atoms with E-state index < -0.39 is 0 Å². The fourth-order valence-corrected chi connectivity index (χ4v) is 2.15. The van der Waals surface area contributed by atoms with Gasteiger partial charge < -0.3 is 9.47 Å². The lowest BCUT2D eigenvalue weighted by molar-refractivity contribution is 0.104. The number of ketones is 1. The molecule has 0 amide bonds. The number of hydrogen-bond acceptors (Lipinski definition) is 4. The molecular weight excluding hydrogens is 268 g/mol. The van der Waals surface area contributed by atoms with Gasteiger partial charge in [-0.2, -0.15) is 5.10 Å². The van der Waals surface area contributed by atoms with Gasteiger partial charge in [0, 0.05) is 18.3 Å². The highest BCUT2D eigenvalue weighted by molar-refractivity contribution is 6.06. The molecule has 0 fully saturated rings. The first-order valence-corrected chi connectivity index (χ1v) is 6.91. The monoisotopic (exact) mass is 284 g/mol. The van der Waals surface area contributed by atoms with Crippen LogP contribution in [0.4, 0.5) is 0 Å². The molecule has 2 heterocycles. The maximum absolute atomic E-state index is 12.1. The number of para-hydroxylation sites is 1. The van der Waals surface area contributed by atoms with Crippen molar-refractivity contribution >= 4 is 11.9 Å². The number of hydrogen-bond donors (Lipinski definition) is 0. The third-order valence-electron chi connectivity index (χ3n) is 3.25. The Labute approximate surface area is 122 Å². The first-order chi connectivity index (χ1) is 10.3. The summed E-state index contributed by atoms with van der Waals surface area (Å²) in [6.45, 7) is 3.80. The summed E-state index contributed by atoms with van der Waals surface area (Å²) in [7, 11) is 0. The van der Waals surface area contributed by atoms with Crippen molar-refractivity contribution in [3.05, 3.63) is 47.8 Å². The van der Waals surface area contributed by atoms with E-state index in [0.717, 1.165) is 17.9 Å². The van der Waals surface area contributed by atoms with Crippen LogP contribution in [-0.2, 0) is 6.54 Å². The maximum atomic E-state index is 12.1. The van der Waals surface area contributed by atoms with E-state index in [2.05, 4.69) is 5.10 Å². The molecule has 5 heteroatoms. The van der Waals surface area contributed by atoms with Gasteiger partial charge in [-0.15, -0.1) is 0 Å². The molecule has 108 valence electrons. The highest BCUT2D eigenvalue weighted by atomic mass is 16.6. The summed E-state index contributed by atoms with van der Waals surface area (Å²) >= 11 is 0. The first-order valence-electron chi connectivity index (χ1n) is 6.91. The Kier molecular flexibility index (Phi) is 3.73. The highest BCUT2D eigenvalue weighted by Crippen LogP contribution is 2.34. The number of aromatic nitrogens is 2. The fraction of sp³-hybridized carbons (Fsp3) is 0.250. The Morgan fingerprint density at radius 1 is 1.38 bits per heavy atom. The quantitative estimate of drug-likeness (QED) is 0.639. The van der Waals surface area contributed by atoms with Crippen LogP contribution in [0.5, 0.6) is 11.5 Å². The second kappa shape index (κ2) is 5.83. The average Bonchev–Trinajstić information content (AvgIpc) is 3.01. The second-order valence-electron chi connectivity index (χ2n) is 4.65. The molecule has 0 unspecified atom stereocenters. The van der Waals surface area contributed by atoms with E-state index in [1.807, 2.05) is 25.1 Å². The fourth-order valence-electron chi connectivity index (χ4n) is 2.15. The second-order valence-corrected chi connectivity index (χ2v) is 4.65. The van der Waals surface area contributed by atoms with Gasteiger partial charge in [0.15, 0.2) is 17.3 Å². The summed E-state index contributed by atoms with van der Waals surface area (Å²) < 4.78 is 12.9. The molecule has 0 atom stereocenters. The third kappa shape index (κ3) is 2.81. The van der Waals surface area contributed by atoms with Crippen LogP contribution in [0.15, 0.2) is 36.7 Å². The van der Waals surface area contributed by atoms with Gasteiger partial charge in [0.1, 0.15) is 13.2 Å². The zero-order valence-corrected chi connectivity index (χ0v) is 11.8. The predicted octanol–water partition coefficient (Wildman–Crippen LogP) is 2.57. The minimum absolute atomic E-state index is 0.0796. The van der Waals surface area contributed by atoms with Crippen LogP contribution in [0.2, 0.25) is 0 Å². The van der Waals surface area contributed by atoms with Crippen molar-refractivity contribution in [1.29, 1.82) is 0 Å². The van der Waals surface area contributed by atoms with E-state index in [1.54, 1.807) is 23.2 Å². The molecule has 0 aliphatic carbocycles. The summed E-state index contributed by atoms with van der Waals surface area (Å²) in [4.78, 5) is 12.1. The molecule has 1 aromatic heterocycles. The predicted molar refractivity (Wildman–Crippen MR) is 78.7 cm³/mol. The van der Waals surface area contributed by atoms with E-state index in [-0.39, 0.29) is 5.78 Å². The molecule has 1 aliphatic rings. The Morgan fingerprint density at radius 3 is 3.05 bits per heavy atom. The number of rotatable bonds is 4. The molecule has 0 saturated carbocycles. The molecule has 0 radical (unpaired) electrons. The average molecular weight is 284 g/mol. The van der Waals surface area contributed by atoms with Gasteiger partial charge in [0.25, 0.3) is 0 Å². The Balaban J connectivity index is 1.81. The van der Waals surface area contributed by atoms with Crippen molar-refractivity contribution in [3.63, 3.8) is 0 Å². The molecule has 5 nitrogen and oxygen atoms in total. The molecule has 0 saturated heterocycles. The summed E-state index contributed by atoms with van der Waals surface area (Å²) in [6, 6.07) is 5.64. The lowest BCUT2D eigenvalue weighted by Crippen LogP contribution is -2.15. The van der Waals surface area contributed by atoms with Crippen LogP contribution in [0.3, 0.4) is 0 Å². The van der Waals surface area contributed by atoms with Gasteiger partial charge in [-0.25, -0.2) is 0 Å². The lowest BCUT2D eigenvalue weighted by Gasteiger charge is -2.19. The molecule has 3 rings (SSSR count). The zero-order chi connectivity index (χ0) is 14.7. The molecule has 0 bridgehead atoms. The Hall–Kier alpha value is -2.56. The Bertz CT molecular complexity index is 689. The van der Waals surface area contributed by atoms with Crippen LogP contribution in [-0.4, -0.2) is 28.8 Å². The molecule has 21 heavy (non-hydrogen) atoms. The summed E-state index contributed by atoms with van der Waals surface area (Å²) in [6.07, 6.45) is 6.60. The normalized spacial score (nSPS) is 13.6. The third-order valence-corrected chi connectivity index (χ3v) is 3.25. The zero-order valence-electron chi connectivity index (χ0n) is 11.8. The first kappa shape index (κ1) is 13.4. The molecular formula is C16H16N2O3. The van der Waals surface area contributed by atoms with Crippen molar-refractivity contribution in [3.8, 4) is 11.5 Å². The maximum Gasteiger partial charge on any atom is 0.189 e. The van der Waals surface area contributed by atoms with E-state index in [1.165, 1.54) is 6.08 Å². The van der Waals surface area contributed by atoms with Crippen molar-refractivity contribution in [2.24, 2.45) is 0 Å². The number of nitrogens with zero attached hydrogens (tertiary/aromatic N) is 2. The SMILES string of the molecule is CCn1cc(C(=O)C=Cc2cccc3c2OCCO3)cn1. The number of benzene rings is 1. The molecule has 0 spiro atoms. The van der Waals surface area contributed by atoms with Crippen molar-refractivity contribution in [2.75, 3.05) is 13.2 Å². The lowest BCUT2D eigenvalue weighted by atomic mass is 10.1. The molecule has 1 aliphatic heterocycles. The highest BCUT2D eigenvalue weighted by Gasteiger charge is 2.14. The molecule has 0 N–H and O–H groups in total. The van der Waals surface area contributed by atoms with Crippen LogP contribution < -0.4 is 9.47 Å². The van der Waals surface area contributed by atoms with Crippen LogP contribution in [0.1, 0.15) is 22.8 Å². The largest absolute Gasteiger partial charge is 0.486 e. The van der Waals surface area contributed by atoms with Gasteiger partial charge in [-0.05, 0) is 25.1 Å². The number of carbonyl (C=O) groups is 1. The topological polar surface area (TPSA) is 53.4 Å². The smallest absolute Gasteiger partial charge is 0.189 e. The Morgan fingerprint density at radius 2 is 2.24 bits per heavy atom. The van der Waals surface area contributed by atoms with Crippen LogP contribution >= 0.6 is 0 Å². The number of allylic oxidation sites excluding steroid dienone is 1. The van der Waals surface area contributed by atoms with Crippen molar-refractivity contribution in [2.45, 2.75) is 13.5 Å². The molecule has 1 aromatic carbocycles. The number of ether oxygens (including phenoxy) is 2. The van der Waals surface area contributed by atoms with Crippen LogP contribution in [0.25, 0.3) is 6.08 Å². The van der Waals surface area contributed by atoms with Gasteiger partial charge in [-0.3, -0.25) is 9.48 Å². The number of fused-ring (bicyclic) bond motifs is 1. The van der Waals surface area contributed by atoms with Gasteiger partial charge in [-0.1, -0.05) is 12.1 Å². The number of aryl methyl sites for hydroxylation is 1. The van der Waals surface area contributed by atoms with Gasteiger partial charge >= 0.3 is 0 Å². The van der Waals surface area contributed by atoms with E-state index in [0.29, 0.717) is 24.5 Å². The summed E-state index contributed by atoms with van der Waals surface area (Å²) in [5.41, 5.74) is 1.42. The summed E-state index contributed by atoms with van der Waals surface area (Å²) in [5.74, 6) is 1.33. The van der Waals surface area contributed by atoms with Crippen molar-refractivity contribution < 1.29 is 14.3 Å². The van der Waals surface area contributed by atoms with E-state index in [4.69, 9.17) is 9.47 Å². The minimum atomic E-state index is -0.0796. The summed E-state index contributed by atoms with van der Waals surface area (Å²) in [5, 5.41) is 4.10. The standard InChI is InChI=1S/C16H16N2O3/c1-2-18-11-13(10-17-18)14(19)7-6-12-4-3-5-15-16(12)21-9-8-20-15/h3-7,10-11H,2,8-9H2,1H3.